The maximum absolute atomic E-state index is 13.3. The SMILES string of the molecule is Cn1cc(C(F)(F)F)cc(Nc2nc3ncc(Oc4ccnc(CONC(=O)N5CCCC5)c4)c(C#N)c3n2C)c1=O. The molecule has 1 saturated heterocycles. The minimum atomic E-state index is -4.67. The van der Waals surface area contributed by atoms with E-state index in [1.807, 2.05) is 0 Å². The van der Waals surface area contributed by atoms with Crippen LogP contribution in [0.25, 0.3) is 11.2 Å². The number of imidazole rings is 1. The number of amides is 2. The first-order valence-corrected chi connectivity index (χ1v) is 12.6. The predicted octanol–water partition coefficient (Wildman–Crippen LogP) is 3.73. The monoisotopic (exact) mass is 583 g/mol. The number of pyridine rings is 3. The van der Waals surface area contributed by atoms with Gasteiger partial charge in [-0.25, -0.2) is 15.3 Å². The Morgan fingerprint density at radius 2 is 1.95 bits per heavy atom. The lowest BCUT2D eigenvalue weighted by molar-refractivity contribution is -0.138. The van der Waals surface area contributed by atoms with Crippen LogP contribution < -0.4 is 21.1 Å². The molecular formula is C26H24F3N9O4. The Morgan fingerprint density at radius 3 is 2.67 bits per heavy atom. The molecule has 0 bridgehead atoms. The van der Waals surface area contributed by atoms with Gasteiger partial charge in [-0.3, -0.25) is 14.6 Å². The van der Waals surface area contributed by atoms with E-state index in [-0.39, 0.29) is 46.8 Å². The zero-order chi connectivity index (χ0) is 30.0. The quantitative estimate of drug-likeness (QED) is 0.310. The highest BCUT2D eigenvalue weighted by molar-refractivity contribution is 5.84. The number of ether oxygens (including phenoxy) is 1. The largest absolute Gasteiger partial charge is 0.454 e. The number of nitrogens with one attached hydrogen (secondary N) is 2. The molecule has 42 heavy (non-hydrogen) atoms. The highest BCUT2D eigenvalue weighted by atomic mass is 19.4. The van der Waals surface area contributed by atoms with Gasteiger partial charge in [-0.05, 0) is 25.0 Å². The van der Waals surface area contributed by atoms with E-state index >= 15 is 0 Å². The van der Waals surface area contributed by atoms with Gasteiger partial charge in [-0.1, -0.05) is 0 Å². The Balaban J connectivity index is 1.36. The average Bonchev–Trinajstić information content (AvgIpc) is 3.60. The second-order valence-electron chi connectivity index (χ2n) is 9.43. The van der Waals surface area contributed by atoms with Crippen molar-refractivity contribution in [2.24, 2.45) is 14.1 Å². The van der Waals surface area contributed by atoms with Gasteiger partial charge in [-0.15, -0.1) is 0 Å². The van der Waals surface area contributed by atoms with Crippen LogP contribution in [0.5, 0.6) is 11.5 Å². The summed E-state index contributed by atoms with van der Waals surface area (Å²) in [6.07, 6.45) is 0.682. The van der Waals surface area contributed by atoms with Crippen molar-refractivity contribution >= 4 is 28.8 Å². The highest BCUT2D eigenvalue weighted by Crippen LogP contribution is 2.33. The van der Waals surface area contributed by atoms with E-state index < -0.39 is 17.3 Å². The molecule has 0 unspecified atom stereocenters. The van der Waals surface area contributed by atoms with Crippen LogP contribution in [0.15, 0.2) is 41.6 Å². The number of alkyl halides is 3. The molecule has 4 aromatic heterocycles. The Kier molecular flexibility index (Phi) is 7.68. The Morgan fingerprint density at radius 1 is 1.19 bits per heavy atom. The van der Waals surface area contributed by atoms with Gasteiger partial charge in [0.15, 0.2) is 11.4 Å². The first-order chi connectivity index (χ1) is 20.0. The molecule has 0 saturated carbocycles. The average molecular weight is 584 g/mol. The van der Waals surface area contributed by atoms with Gasteiger partial charge < -0.3 is 24.1 Å². The summed E-state index contributed by atoms with van der Waals surface area (Å²) in [4.78, 5) is 44.2. The van der Waals surface area contributed by atoms with Gasteiger partial charge in [0.25, 0.3) is 5.56 Å². The van der Waals surface area contributed by atoms with E-state index in [0.717, 1.165) is 17.4 Å². The number of hydroxylamine groups is 1. The fraction of sp³-hybridized carbons (Fsp3) is 0.308. The molecule has 1 fully saturated rings. The maximum Gasteiger partial charge on any atom is 0.417 e. The molecule has 0 spiro atoms. The fourth-order valence-electron chi connectivity index (χ4n) is 4.41. The zero-order valence-electron chi connectivity index (χ0n) is 22.4. The Labute approximate surface area is 236 Å². The molecule has 0 radical (unpaired) electrons. The van der Waals surface area contributed by atoms with Crippen molar-refractivity contribution < 1.29 is 27.5 Å². The van der Waals surface area contributed by atoms with Crippen LogP contribution in [0.3, 0.4) is 0 Å². The second-order valence-corrected chi connectivity index (χ2v) is 9.43. The van der Waals surface area contributed by atoms with Crippen LogP contribution in [0.4, 0.5) is 29.6 Å². The van der Waals surface area contributed by atoms with Crippen molar-refractivity contribution in [2.75, 3.05) is 18.4 Å². The van der Waals surface area contributed by atoms with Crippen molar-refractivity contribution in [3.05, 3.63) is 64.0 Å². The molecule has 0 aliphatic carbocycles. The number of nitrogens with zero attached hydrogens (tertiary/aromatic N) is 7. The molecule has 2 amide bonds. The van der Waals surface area contributed by atoms with Crippen LogP contribution in [0.1, 0.15) is 29.7 Å². The highest BCUT2D eigenvalue weighted by Gasteiger charge is 2.32. The Bertz CT molecular complexity index is 1750. The lowest BCUT2D eigenvalue weighted by Crippen LogP contribution is -2.37. The van der Waals surface area contributed by atoms with Gasteiger partial charge in [0.1, 0.15) is 35.2 Å². The van der Waals surface area contributed by atoms with Crippen molar-refractivity contribution in [1.29, 1.82) is 5.26 Å². The topological polar surface area (TPSA) is 152 Å². The number of nitriles is 1. The molecule has 0 atom stereocenters. The van der Waals surface area contributed by atoms with Gasteiger partial charge in [-0.2, -0.15) is 23.4 Å². The smallest absolute Gasteiger partial charge is 0.417 e. The Hall–Kier alpha value is -5.17. The van der Waals surface area contributed by atoms with Crippen LogP contribution >= 0.6 is 0 Å². The number of hydrogen-bond donors (Lipinski definition) is 2. The number of aryl methyl sites for hydroxylation is 2. The summed E-state index contributed by atoms with van der Waals surface area (Å²) in [6, 6.07) is 5.54. The minimum absolute atomic E-state index is 0.0121. The lowest BCUT2D eigenvalue weighted by atomic mass is 10.2. The molecule has 0 aromatic carbocycles. The molecule has 4 aromatic rings. The van der Waals surface area contributed by atoms with Gasteiger partial charge >= 0.3 is 12.2 Å². The first-order valence-electron chi connectivity index (χ1n) is 12.6. The van der Waals surface area contributed by atoms with Crippen molar-refractivity contribution in [3.63, 3.8) is 0 Å². The molecule has 2 N–H and O–H groups in total. The number of likely N-dealkylation sites (tertiary alicyclic amines) is 1. The van der Waals surface area contributed by atoms with Crippen LogP contribution in [0.2, 0.25) is 0 Å². The van der Waals surface area contributed by atoms with Gasteiger partial charge in [0.2, 0.25) is 5.95 Å². The molecule has 1 aliphatic rings. The van der Waals surface area contributed by atoms with E-state index in [2.05, 4.69) is 31.8 Å². The summed E-state index contributed by atoms with van der Waals surface area (Å²) < 4.78 is 48.0. The zero-order valence-corrected chi connectivity index (χ0v) is 22.4. The second kappa shape index (κ2) is 11.4. The number of fused-ring (bicyclic) bond motifs is 1. The fourth-order valence-corrected chi connectivity index (χ4v) is 4.41. The molecule has 16 heteroatoms. The van der Waals surface area contributed by atoms with Crippen molar-refractivity contribution in [1.82, 2.24) is 34.5 Å². The van der Waals surface area contributed by atoms with Crippen LogP contribution in [0, 0.1) is 11.3 Å². The number of carbonyl (C=O) groups is 1. The standard InChI is InChI=1S/C26H24F3N9O4/c1-36-13-15(26(27,28)29)9-19(23(36)39)33-24-34-22-21(37(24)2)18(11-30)20(12-32-22)42-17-5-6-31-16(10-17)14-41-35-25(40)38-7-3-4-8-38/h5-6,9-10,12-13H,3-4,7-8,14H2,1-2H3,(H,35,40)(H,32,33,34). The summed E-state index contributed by atoms with van der Waals surface area (Å²) in [7, 11) is 2.72. The van der Waals surface area contributed by atoms with E-state index in [9.17, 15) is 28.0 Å². The first kappa shape index (κ1) is 28.4. The minimum Gasteiger partial charge on any atom is -0.454 e. The summed E-state index contributed by atoms with van der Waals surface area (Å²) in [5.74, 6) is 0.372. The molecular weight excluding hydrogens is 559 g/mol. The van der Waals surface area contributed by atoms with Crippen molar-refractivity contribution in [3.8, 4) is 17.6 Å². The van der Waals surface area contributed by atoms with Gasteiger partial charge in [0.05, 0.1) is 17.5 Å². The third kappa shape index (κ3) is 5.81. The number of rotatable bonds is 7. The van der Waals surface area contributed by atoms with Crippen molar-refractivity contribution in [2.45, 2.75) is 25.6 Å². The summed E-state index contributed by atoms with van der Waals surface area (Å²) in [5.41, 5.74) is 1.12. The summed E-state index contributed by atoms with van der Waals surface area (Å²) >= 11 is 0. The lowest BCUT2D eigenvalue weighted by Gasteiger charge is -2.15. The van der Waals surface area contributed by atoms with Gasteiger partial charge in [0, 0.05) is 45.6 Å². The van der Waals surface area contributed by atoms with E-state index in [4.69, 9.17) is 9.57 Å². The third-order valence-electron chi connectivity index (χ3n) is 6.52. The normalized spacial score (nSPS) is 13.3. The number of anilines is 2. The predicted molar refractivity (Wildman–Crippen MR) is 142 cm³/mol. The number of urea groups is 1. The molecule has 1 aliphatic heterocycles. The van der Waals surface area contributed by atoms with Crippen LogP contribution in [-0.2, 0) is 31.7 Å². The van der Waals surface area contributed by atoms with E-state index in [0.29, 0.717) is 36.8 Å². The number of carbonyl (C=O) groups excluding carboxylic acids is 1. The van der Waals surface area contributed by atoms with E-state index in [1.54, 1.807) is 17.0 Å². The third-order valence-corrected chi connectivity index (χ3v) is 6.52. The molecule has 13 nitrogen and oxygen atoms in total. The van der Waals surface area contributed by atoms with E-state index in [1.165, 1.54) is 31.1 Å². The maximum atomic E-state index is 13.3. The number of hydrogen-bond acceptors (Lipinski definition) is 9. The van der Waals surface area contributed by atoms with Crippen LogP contribution in [-0.4, -0.2) is 48.1 Å². The molecule has 218 valence electrons. The molecule has 5 rings (SSSR count). The number of halogens is 3. The number of aromatic nitrogens is 5. The summed E-state index contributed by atoms with van der Waals surface area (Å²) in [5, 5.41) is 12.6. The summed E-state index contributed by atoms with van der Waals surface area (Å²) in [6.45, 7) is 1.31. The molecule has 5 heterocycles.